The molecule has 0 N–H and O–H groups in total. The Morgan fingerprint density at radius 1 is 1.29 bits per heavy atom. The van der Waals surface area contributed by atoms with Gasteiger partial charge < -0.3 is 4.90 Å². The van der Waals surface area contributed by atoms with Crippen LogP contribution in [0, 0.1) is 0 Å². The van der Waals surface area contributed by atoms with Crippen LogP contribution in [0.1, 0.15) is 25.5 Å². The molecular weight excluding hydrogens is 343 g/mol. The molecule has 4 nitrogen and oxygen atoms in total. The van der Waals surface area contributed by atoms with Gasteiger partial charge in [0.15, 0.2) is 5.54 Å². The van der Waals surface area contributed by atoms with Crippen molar-refractivity contribution in [3.05, 3.63) is 57.5 Å². The lowest BCUT2D eigenvalue weighted by atomic mass is 9.96. The number of halogens is 4. The molecular formula is C16H15ClF3N3O. The average Bonchev–Trinajstić information content (AvgIpc) is 2.81. The van der Waals surface area contributed by atoms with Crippen molar-refractivity contribution in [1.82, 2.24) is 9.55 Å². The van der Waals surface area contributed by atoms with Crippen molar-refractivity contribution in [2.75, 3.05) is 4.90 Å². The maximum Gasteiger partial charge on any atom is 0.413 e. The molecule has 0 saturated carbocycles. The highest BCUT2D eigenvalue weighted by atomic mass is 35.5. The molecule has 2 aromatic rings. The maximum atomic E-state index is 13.9. The van der Waals surface area contributed by atoms with Crippen molar-refractivity contribution in [3.63, 3.8) is 0 Å². The summed E-state index contributed by atoms with van der Waals surface area (Å²) in [5, 5.41) is -0.122. The normalized spacial score (nSPS) is 21.7. The lowest BCUT2D eigenvalue weighted by Crippen LogP contribution is -2.56. The Morgan fingerprint density at radius 2 is 1.92 bits per heavy atom. The number of hydrogen-bond acceptors (Lipinski definition) is 3. The minimum Gasteiger partial charge on any atom is -0.319 e. The number of fused-ring (bicyclic) bond motifs is 1. The highest BCUT2D eigenvalue weighted by Crippen LogP contribution is 2.47. The van der Waals surface area contributed by atoms with Crippen LogP contribution in [-0.2, 0) is 6.54 Å². The van der Waals surface area contributed by atoms with E-state index in [1.165, 1.54) is 0 Å². The van der Waals surface area contributed by atoms with Gasteiger partial charge in [0.25, 0.3) is 5.56 Å². The largest absolute Gasteiger partial charge is 0.413 e. The second-order valence-corrected chi connectivity index (χ2v) is 6.42. The molecule has 2 atom stereocenters. The van der Waals surface area contributed by atoms with Gasteiger partial charge in [-0.05, 0) is 19.4 Å². The number of benzene rings is 1. The van der Waals surface area contributed by atoms with Crippen LogP contribution in [-0.4, -0.2) is 21.3 Å². The van der Waals surface area contributed by atoms with E-state index in [1.807, 2.05) is 0 Å². The number of alkyl halides is 3. The van der Waals surface area contributed by atoms with E-state index < -0.39 is 29.9 Å². The fraction of sp³-hybridized carbons (Fsp3) is 0.375. The van der Waals surface area contributed by atoms with E-state index in [0.717, 1.165) is 22.5 Å². The first-order valence-corrected chi connectivity index (χ1v) is 7.71. The van der Waals surface area contributed by atoms with Crippen molar-refractivity contribution < 1.29 is 13.2 Å². The van der Waals surface area contributed by atoms with Gasteiger partial charge in [-0.15, -0.1) is 0 Å². The Hall–Kier alpha value is -2.02. The number of hydrogen-bond donors (Lipinski definition) is 0. The molecule has 2 unspecified atom stereocenters. The average molecular weight is 358 g/mol. The molecule has 3 rings (SSSR count). The highest BCUT2D eigenvalue weighted by Gasteiger charge is 2.61. The minimum absolute atomic E-state index is 0.0660. The van der Waals surface area contributed by atoms with Gasteiger partial charge in [0.2, 0.25) is 5.95 Å². The smallest absolute Gasteiger partial charge is 0.319 e. The Morgan fingerprint density at radius 3 is 2.50 bits per heavy atom. The molecule has 0 amide bonds. The van der Waals surface area contributed by atoms with E-state index in [0.29, 0.717) is 5.56 Å². The van der Waals surface area contributed by atoms with E-state index in [4.69, 9.17) is 11.6 Å². The second-order valence-electron chi connectivity index (χ2n) is 6.03. The molecule has 0 spiro atoms. The van der Waals surface area contributed by atoms with Crippen molar-refractivity contribution in [3.8, 4) is 0 Å². The molecule has 0 radical (unpaired) electrons. The third kappa shape index (κ3) is 2.47. The predicted molar refractivity (Wildman–Crippen MR) is 85.3 cm³/mol. The number of aromatic nitrogens is 2. The van der Waals surface area contributed by atoms with Gasteiger partial charge in [-0.1, -0.05) is 41.9 Å². The first-order valence-electron chi connectivity index (χ1n) is 7.33. The van der Waals surface area contributed by atoms with Crippen LogP contribution < -0.4 is 10.5 Å². The minimum atomic E-state index is -4.55. The van der Waals surface area contributed by atoms with Gasteiger partial charge >= 0.3 is 6.18 Å². The highest BCUT2D eigenvalue weighted by molar-refractivity contribution is 6.29. The zero-order chi connectivity index (χ0) is 17.7. The van der Waals surface area contributed by atoms with E-state index >= 15 is 0 Å². The van der Waals surface area contributed by atoms with Gasteiger partial charge in [0, 0.05) is 6.07 Å². The monoisotopic (exact) mass is 357 g/mol. The lowest BCUT2D eigenvalue weighted by Gasteiger charge is -2.40. The van der Waals surface area contributed by atoms with Gasteiger partial charge in [-0.3, -0.25) is 9.36 Å². The first kappa shape index (κ1) is 16.8. The van der Waals surface area contributed by atoms with Crippen molar-refractivity contribution >= 4 is 17.5 Å². The Balaban J connectivity index is 2.21. The standard InChI is InChI=1S/C16H15ClF3N3O/c1-10(11-6-4-3-5-7-11)23-14-21-12(17)8-13(24)22(14)9-15(23,2)16(18,19)20/h3-8,10H,9H2,1-2H3. The fourth-order valence-electron chi connectivity index (χ4n) is 3.11. The molecule has 1 aromatic carbocycles. The predicted octanol–water partition coefficient (Wildman–Crippen LogP) is 3.80. The summed E-state index contributed by atoms with van der Waals surface area (Å²) in [6, 6.07) is 9.17. The molecule has 1 aromatic heterocycles. The first-order chi connectivity index (χ1) is 11.1. The van der Waals surface area contributed by atoms with Crippen LogP contribution in [0.4, 0.5) is 19.1 Å². The third-order valence-corrected chi connectivity index (χ3v) is 4.64. The summed E-state index contributed by atoms with van der Waals surface area (Å²) in [5.41, 5.74) is -2.16. The Kier molecular flexibility index (Phi) is 3.86. The van der Waals surface area contributed by atoms with Crippen LogP contribution in [0.5, 0.6) is 0 Å². The Labute approximate surface area is 141 Å². The van der Waals surface area contributed by atoms with Crippen LogP contribution >= 0.6 is 11.6 Å². The molecule has 0 aliphatic carbocycles. The van der Waals surface area contributed by atoms with E-state index in [9.17, 15) is 18.0 Å². The second kappa shape index (κ2) is 5.51. The molecule has 24 heavy (non-hydrogen) atoms. The van der Waals surface area contributed by atoms with Crippen LogP contribution in [0.2, 0.25) is 5.15 Å². The summed E-state index contributed by atoms with van der Waals surface area (Å²) >= 11 is 5.82. The zero-order valence-electron chi connectivity index (χ0n) is 13.0. The summed E-state index contributed by atoms with van der Waals surface area (Å²) in [7, 11) is 0. The maximum absolute atomic E-state index is 13.9. The molecule has 0 saturated heterocycles. The number of anilines is 1. The third-order valence-electron chi connectivity index (χ3n) is 4.45. The van der Waals surface area contributed by atoms with Gasteiger partial charge in [-0.2, -0.15) is 13.2 Å². The topological polar surface area (TPSA) is 38.1 Å². The quantitative estimate of drug-likeness (QED) is 0.767. The van der Waals surface area contributed by atoms with Crippen LogP contribution in [0.25, 0.3) is 0 Å². The van der Waals surface area contributed by atoms with Crippen molar-refractivity contribution in [1.29, 1.82) is 0 Å². The molecule has 0 bridgehead atoms. The summed E-state index contributed by atoms with van der Waals surface area (Å²) in [6.45, 7) is 2.21. The molecule has 128 valence electrons. The molecule has 1 aliphatic rings. The SMILES string of the molecule is CC(c1ccccc1)N1c2nc(Cl)cc(=O)n2CC1(C)C(F)(F)F. The fourth-order valence-corrected chi connectivity index (χ4v) is 3.28. The molecule has 0 fully saturated rings. The zero-order valence-corrected chi connectivity index (χ0v) is 13.8. The molecule has 2 heterocycles. The van der Waals surface area contributed by atoms with Crippen LogP contribution in [0.15, 0.2) is 41.2 Å². The number of rotatable bonds is 2. The van der Waals surface area contributed by atoms with E-state index in [2.05, 4.69) is 4.98 Å². The van der Waals surface area contributed by atoms with Crippen LogP contribution in [0.3, 0.4) is 0 Å². The van der Waals surface area contributed by atoms with E-state index in [1.54, 1.807) is 37.3 Å². The van der Waals surface area contributed by atoms with Gasteiger partial charge in [0.05, 0.1) is 12.6 Å². The Bertz CT molecular complexity index is 822. The number of nitrogens with zero attached hydrogens (tertiary/aromatic N) is 3. The summed E-state index contributed by atoms with van der Waals surface area (Å²) in [5.74, 6) is -0.0660. The van der Waals surface area contributed by atoms with Crippen molar-refractivity contribution in [2.24, 2.45) is 0 Å². The summed E-state index contributed by atoms with van der Waals surface area (Å²) < 4.78 is 42.6. The molecule has 8 heteroatoms. The van der Waals surface area contributed by atoms with E-state index in [-0.39, 0.29) is 11.1 Å². The van der Waals surface area contributed by atoms with Gasteiger partial charge in [-0.25, -0.2) is 4.98 Å². The van der Waals surface area contributed by atoms with Crippen molar-refractivity contribution in [2.45, 2.75) is 38.1 Å². The molecule has 1 aliphatic heterocycles. The summed E-state index contributed by atoms with van der Waals surface area (Å²) in [6.07, 6.45) is -4.55. The summed E-state index contributed by atoms with van der Waals surface area (Å²) in [4.78, 5) is 17.2. The van der Waals surface area contributed by atoms with Gasteiger partial charge in [0.1, 0.15) is 5.15 Å². The lowest BCUT2D eigenvalue weighted by molar-refractivity contribution is -0.183.